The molecule has 0 saturated carbocycles. The summed E-state index contributed by atoms with van der Waals surface area (Å²) in [6.07, 6.45) is 0. The van der Waals surface area contributed by atoms with Gasteiger partial charge in [-0.2, -0.15) is 0 Å². The van der Waals surface area contributed by atoms with Gasteiger partial charge in [-0.25, -0.2) is 4.79 Å². The molecule has 0 atom stereocenters. The molecule has 0 aliphatic heterocycles. The third-order valence-electron chi connectivity index (χ3n) is 3.33. The highest BCUT2D eigenvalue weighted by molar-refractivity contribution is 8.02. The standard InChI is InChI=1S/C17H15NO2S/c1-2-21-10-15(18)14-9-13-12-6-4-3-5-11(12)7-8-16(13)20-17(14)19/h3-10H,2,18H2,1H3/b15-10-. The van der Waals surface area contributed by atoms with E-state index in [4.69, 9.17) is 10.2 Å². The van der Waals surface area contributed by atoms with E-state index in [9.17, 15) is 4.79 Å². The summed E-state index contributed by atoms with van der Waals surface area (Å²) in [5.41, 5.74) is 7.05. The Morgan fingerprint density at radius 3 is 2.86 bits per heavy atom. The van der Waals surface area contributed by atoms with Crippen molar-refractivity contribution in [1.29, 1.82) is 0 Å². The zero-order valence-electron chi connectivity index (χ0n) is 11.6. The van der Waals surface area contributed by atoms with Gasteiger partial charge in [0.1, 0.15) is 5.58 Å². The molecule has 0 spiro atoms. The molecule has 0 fully saturated rings. The number of benzene rings is 2. The maximum Gasteiger partial charge on any atom is 0.345 e. The Morgan fingerprint density at radius 1 is 1.24 bits per heavy atom. The summed E-state index contributed by atoms with van der Waals surface area (Å²) in [4.78, 5) is 12.1. The molecule has 3 nitrogen and oxygen atoms in total. The van der Waals surface area contributed by atoms with Crippen molar-refractivity contribution < 1.29 is 4.42 Å². The van der Waals surface area contributed by atoms with Gasteiger partial charge < -0.3 is 10.2 Å². The van der Waals surface area contributed by atoms with Crippen LogP contribution in [0.5, 0.6) is 0 Å². The number of rotatable bonds is 3. The van der Waals surface area contributed by atoms with Gasteiger partial charge in [-0.3, -0.25) is 0 Å². The van der Waals surface area contributed by atoms with Gasteiger partial charge in [-0.05, 0) is 34.1 Å². The molecule has 0 radical (unpaired) electrons. The molecule has 0 aliphatic carbocycles. The van der Waals surface area contributed by atoms with Gasteiger partial charge >= 0.3 is 5.63 Å². The summed E-state index contributed by atoms with van der Waals surface area (Å²) in [5, 5.41) is 4.86. The normalized spacial score (nSPS) is 12.1. The summed E-state index contributed by atoms with van der Waals surface area (Å²) in [5.74, 6) is 0.905. The molecule has 0 aliphatic rings. The molecule has 3 aromatic rings. The molecule has 106 valence electrons. The summed E-state index contributed by atoms with van der Waals surface area (Å²) >= 11 is 1.56. The number of hydrogen-bond acceptors (Lipinski definition) is 4. The molecular weight excluding hydrogens is 282 g/mol. The van der Waals surface area contributed by atoms with E-state index in [-0.39, 0.29) is 0 Å². The molecule has 0 saturated heterocycles. The highest BCUT2D eigenvalue weighted by Gasteiger charge is 2.09. The fourth-order valence-corrected chi connectivity index (χ4v) is 2.78. The number of hydrogen-bond donors (Lipinski definition) is 1. The third-order valence-corrected chi connectivity index (χ3v) is 4.08. The van der Waals surface area contributed by atoms with Crippen LogP contribution in [0.2, 0.25) is 0 Å². The highest BCUT2D eigenvalue weighted by atomic mass is 32.2. The van der Waals surface area contributed by atoms with Crippen LogP contribution in [0.15, 0.2) is 57.1 Å². The molecule has 2 N–H and O–H groups in total. The first-order valence-electron chi connectivity index (χ1n) is 6.74. The molecular formula is C17H15NO2S. The monoisotopic (exact) mass is 297 g/mol. The van der Waals surface area contributed by atoms with Crippen molar-refractivity contribution in [2.75, 3.05) is 5.75 Å². The molecule has 4 heteroatoms. The van der Waals surface area contributed by atoms with Gasteiger partial charge in [0.25, 0.3) is 0 Å². The lowest BCUT2D eigenvalue weighted by Crippen LogP contribution is -2.10. The first-order chi connectivity index (χ1) is 10.2. The summed E-state index contributed by atoms with van der Waals surface area (Å²) in [6.45, 7) is 2.03. The van der Waals surface area contributed by atoms with E-state index in [0.29, 0.717) is 16.8 Å². The minimum Gasteiger partial charge on any atom is -0.422 e. The molecule has 21 heavy (non-hydrogen) atoms. The molecule has 2 aromatic carbocycles. The lowest BCUT2D eigenvalue weighted by Gasteiger charge is -2.05. The largest absolute Gasteiger partial charge is 0.422 e. The van der Waals surface area contributed by atoms with Crippen molar-refractivity contribution in [3.05, 3.63) is 63.9 Å². The fraction of sp³-hybridized carbons (Fsp3) is 0.118. The number of fused-ring (bicyclic) bond motifs is 3. The Kier molecular flexibility index (Phi) is 3.71. The summed E-state index contributed by atoms with van der Waals surface area (Å²) in [6, 6.07) is 13.6. The van der Waals surface area contributed by atoms with Crippen LogP contribution < -0.4 is 11.4 Å². The number of nitrogens with two attached hydrogens (primary N) is 1. The number of thioether (sulfide) groups is 1. The van der Waals surface area contributed by atoms with E-state index in [0.717, 1.165) is 21.9 Å². The van der Waals surface area contributed by atoms with Gasteiger partial charge in [0.2, 0.25) is 0 Å². The zero-order chi connectivity index (χ0) is 14.8. The molecule has 1 aromatic heterocycles. The smallest absolute Gasteiger partial charge is 0.345 e. The Hall–Kier alpha value is -2.20. The van der Waals surface area contributed by atoms with E-state index in [1.165, 1.54) is 0 Å². The Bertz CT molecular complexity index is 896. The average molecular weight is 297 g/mol. The minimum absolute atomic E-state index is 0.400. The van der Waals surface area contributed by atoms with Gasteiger partial charge in [-0.1, -0.05) is 37.3 Å². The van der Waals surface area contributed by atoms with E-state index < -0.39 is 5.63 Å². The van der Waals surface area contributed by atoms with Crippen molar-refractivity contribution in [2.24, 2.45) is 5.73 Å². The minimum atomic E-state index is -0.400. The van der Waals surface area contributed by atoms with Gasteiger partial charge in [0, 0.05) is 5.39 Å². The third kappa shape index (κ3) is 2.54. The van der Waals surface area contributed by atoms with Crippen molar-refractivity contribution >= 4 is 39.2 Å². The van der Waals surface area contributed by atoms with Crippen molar-refractivity contribution in [3.63, 3.8) is 0 Å². The SMILES string of the molecule is CCS/C=C(\N)c1cc2c(ccc3ccccc32)oc1=O. The van der Waals surface area contributed by atoms with Gasteiger partial charge in [0.15, 0.2) is 0 Å². The predicted octanol–water partition coefficient (Wildman–Crippen LogP) is 3.96. The highest BCUT2D eigenvalue weighted by Crippen LogP contribution is 2.26. The Labute approximate surface area is 126 Å². The molecule has 0 amide bonds. The average Bonchev–Trinajstić information content (AvgIpc) is 2.51. The van der Waals surface area contributed by atoms with E-state index in [2.05, 4.69) is 0 Å². The van der Waals surface area contributed by atoms with Crippen molar-refractivity contribution in [1.82, 2.24) is 0 Å². The second-order valence-electron chi connectivity index (χ2n) is 4.67. The molecule has 0 unspecified atom stereocenters. The topological polar surface area (TPSA) is 56.2 Å². The quantitative estimate of drug-likeness (QED) is 0.587. The van der Waals surface area contributed by atoms with Crippen LogP contribution >= 0.6 is 11.8 Å². The van der Waals surface area contributed by atoms with Gasteiger partial charge in [0.05, 0.1) is 11.3 Å². The molecule has 3 rings (SSSR count). The second-order valence-corrected chi connectivity index (χ2v) is 5.82. The van der Waals surface area contributed by atoms with Crippen LogP contribution in [0, 0.1) is 0 Å². The van der Waals surface area contributed by atoms with Crippen molar-refractivity contribution in [2.45, 2.75) is 6.92 Å². The maximum absolute atomic E-state index is 12.1. The fourth-order valence-electron chi connectivity index (χ4n) is 2.31. The van der Waals surface area contributed by atoms with Crippen LogP contribution in [-0.2, 0) is 0 Å². The predicted molar refractivity (Wildman–Crippen MR) is 90.3 cm³/mol. The van der Waals surface area contributed by atoms with Crippen LogP contribution in [0.1, 0.15) is 12.5 Å². The van der Waals surface area contributed by atoms with Crippen LogP contribution in [0.3, 0.4) is 0 Å². The maximum atomic E-state index is 12.1. The lowest BCUT2D eigenvalue weighted by molar-refractivity contribution is 0.559. The Morgan fingerprint density at radius 2 is 2.05 bits per heavy atom. The summed E-state index contributed by atoms with van der Waals surface area (Å²) in [7, 11) is 0. The zero-order valence-corrected chi connectivity index (χ0v) is 12.4. The van der Waals surface area contributed by atoms with E-state index in [1.807, 2.05) is 49.4 Å². The van der Waals surface area contributed by atoms with Crippen LogP contribution in [-0.4, -0.2) is 5.75 Å². The first-order valence-corrected chi connectivity index (χ1v) is 7.79. The molecule has 1 heterocycles. The van der Waals surface area contributed by atoms with Crippen molar-refractivity contribution in [3.8, 4) is 0 Å². The van der Waals surface area contributed by atoms with E-state index >= 15 is 0 Å². The molecule has 0 bridgehead atoms. The first kappa shape index (κ1) is 13.8. The summed E-state index contributed by atoms with van der Waals surface area (Å²) < 4.78 is 5.42. The second kappa shape index (κ2) is 5.66. The van der Waals surface area contributed by atoms with Crippen LogP contribution in [0.25, 0.3) is 27.4 Å². The lowest BCUT2D eigenvalue weighted by atomic mass is 10.0. The van der Waals surface area contributed by atoms with Crippen LogP contribution in [0.4, 0.5) is 0 Å². The van der Waals surface area contributed by atoms with Gasteiger partial charge in [-0.15, -0.1) is 11.8 Å². The Balaban J connectivity index is 2.30. The van der Waals surface area contributed by atoms with E-state index in [1.54, 1.807) is 17.2 Å².